The highest BCUT2D eigenvalue weighted by atomic mass is 16.1. The van der Waals surface area contributed by atoms with Crippen LogP contribution < -0.4 is 11.1 Å². The van der Waals surface area contributed by atoms with Crippen molar-refractivity contribution in [1.29, 1.82) is 0 Å². The Hall–Kier alpha value is -1.35. The maximum absolute atomic E-state index is 12.0. The number of carbonyl (C=O) groups excluding carboxylic acids is 1. The van der Waals surface area contributed by atoms with Gasteiger partial charge in [-0.15, -0.1) is 0 Å². The number of aryl methyl sites for hydroxylation is 3. The zero-order chi connectivity index (χ0) is 14.2. The molecular weight excluding hydrogens is 236 g/mol. The molecule has 1 aliphatic rings. The molecule has 2 rings (SSSR count). The Morgan fingerprint density at radius 3 is 2.26 bits per heavy atom. The Labute approximate surface area is 115 Å². The van der Waals surface area contributed by atoms with Crippen LogP contribution in [0.4, 0.5) is 0 Å². The average Bonchev–Trinajstić information content (AvgIpc) is 3.08. The lowest BCUT2D eigenvalue weighted by atomic mass is 9.83. The molecule has 1 atom stereocenters. The quantitative estimate of drug-likeness (QED) is 0.853. The molecule has 0 spiro atoms. The number of rotatable bonds is 5. The summed E-state index contributed by atoms with van der Waals surface area (Å²) in [6, 6.07) is 4.23. The van der Waals surface area contributed by atoms with Crippen LogP contribution in [-0.2, 0) is 10.3 Å². The van der Waals surface area contributed by atoms with E-state index in [0.717, 1.165) is 23.2 Å². The first kappa shape index (κ1) is 14.1. The first-order valence-corrected chi connectivity index (χ1v) is 6.98. The highest BCUT2D eigenvalue weighted by molar-refractivity contribution is 5.86. The fraction of sp³-hybridized carbons (Fsp3) is 0.562. The fourth-order valence-electron chi connectivity index (χ4n) is 2.94. The zero-order valence-corrected chi connectivity index (χ0v) is 12.3. The van der Waals surface area contributed by atoms with E-state index in [9.17, 15) is 4.79 Å². The van der Waals surface area contributed by atoms with Gasteiger partial charge in [0, 0.05) is 0 Å². The van der Waals surface area contributed by atoms with Crippen LogP contribution in [0.1, 0.15) is 42.0 Å². The monoisotopic (exact) mass is 260 g/mol. The molecule has 19 heavy (non-hydrogen) atoms. The third-order valence-electron chi connectivity index (χ3n) is 4.11. The molecule has 1 aliphatic carbocycles. The highest BCUT2D eigenvalue weighted by Crippen LogP contribution is 2.32. The van der Waals surface area contributed by atoms with E-state index in [1.165, 1.54) is 18.4 Å². The Bertz CT molecular complexity index is 482. The van der Waals surface area contributed by atoms with Crippen LogP contribution in [0.25, 0.3) is 0 Å². The van der Waals surface area contributed by atoms with Gasteiger partial charge in [-0.3, -0.25) is 10.1 Å². The van der Waals surface area contributed by atoms with Crippen molar-refractivity contribution < 1.29 is 4.79 Å². The Morgan fingerprint density at radius 1 is 1.32 bits per heavy atom. The van der Waals surface area contributed by atoms with E-state index in [4.69, 9.17) is 5.73 Å². The van der Waals surface area contributed by atoms with E-state index < -0.39 is 5.54 Å². The lowest BCUT2D eigenvalue weighted by Gasteiger charge is -2.31. The summed E-state index contributed by atoms with van der Waals surface area (Å²) in [5, 5.41) is 3.40. The number of benzene rings is 1. The van der Waals surface area contributed by atoms with Crippen LogP contribution >= 0.6 is 0 Å². The van der Waals surface area contributed by atoms with Crippen LogP contribution in [0.15, 0.2) is 12.1 Å². The van der Waals surface area contributed by atoms with E-state index >= 15 is 0 Å². The SMILES string of the molecule is Cc1cc(C)c(C(C)(NCC2CC2)C(N)=O)c(C)c1. The maximum atomic E-state index is 12.0. The van der Waals surface area contributed by atoms with E-state index in [1.54, 1.807) is 0 Å². The van der Waals surface area contributed by atoms with Gasteiger partial charge in [-0.25, -0.2) is 0 Å². The summed E-state index contributed by atoms with van der Waals surface area (Å²) in [6.07, 6.45) is 2.52. The number of amides is 1. The first-order valence-electron chi connectivity index (χ1n) is 6.98. The molecule has 3 nitrogen and oxygen atoms in total. The van der Waals surface area contributed by atoms with Gasteiger partial charge < -0.3 is 5.73 Å². The summed E-state index contributed by atoms with van der Waals surface area (Å²) in [6.45, 7) is 8.95. The molecule has 0 bridgehead atoms. The van der Waals surface area contributed by atoms with Crippen LogP contribution in [0.2, 0.25) is 0 Å². The Morgan fingerprint density at radius 2 is 1.84 bits per heavy atom. The largest absolute Gasteiger partial charge is 0.368 e. The Kier molecular flexibility index (Phi) is 3.68. The molecule has 0 aromatic heterocycles. The van der Waals surface area contributed by atoms with E-state index in [1.807, 2.05) is 6.92 Å². The summed E-state index contributed by atoms with van der Waals surface area (Å²) in [5.74, 6) is 0.410. The van der Waals surface area contributed by atoms with Crippen molar-refractivity contribution in [1.82, 2.24) is 5.32 Å². The van der Waals surface area contributed by atoms with Crippen LogP contribution in [-0.4, -0.2) is 12.5 Å². The summed E-state index contributed by atoms with van der Waals surface area (Å²) >= 11 is 0. The van der Waals surface area contributed by atoms with Gasteiger partial charge in [0.2, 0.25) is 5.91 Å². The number of hydrogen-bond donors (Lipinski definition) is 2. The molecule has 3 heteroatoms. The van der Waals surface area contributed by atoms with Gasteiger partial charge >= 0.3 is 0 Å². The van der Waals surface area contributed by atoms with Crippen molar-refractivity contribution in [3.05, 3.63) is 34.4 Å². The van der Waals surface area contributed by atoms with Gasteiger partial charge in [-0.2, -0.15) is 0 Å². The van der Waals surface area contributed by atoms with Crippen molar-refractivity contribution in [2.24, 2.45) is 11.7 Å². The molecule has 3 N–H and O–H groups in total. The van der Waals surface area contributed by atoms with Gasteiger partial charge in [0.05, 0.1) is 0 Å². The average molecular weight is 260 g/mol. The predicted molar refractivity (Wildman–Crippen MR) is 77.9 cm³/mol. The van der Waals surface area contributed by atoms with Crippen molar-refractivity contribution in [3.8, 4) is 0 Å². The van der Waals surface area contributed by atoms with Crippen molar-refractivity contribution >= 4 is 5.91 Å². The summed E-state index contributed by atoms with van der Waals surface area (Å²) in [5.41, 5.74) is 9.41. The first-order chi connectivity index (χ1) is 8.84. The number of nitrogens with two attached hydrogens (primary N) is 1. The number of hydrogen-bond acceptors (Lipinski definition) is 2. The molecule has 1 fully saturated rings. The minimum absolute atomic E-state index is 0.303. The van der Waals surface area contributed by atoms with E-state index in [0.29, 0.717) is 5.92 Å². The molecule has 1 saturated carbocycles. The summed E-state index contributed by atoms with van der Waals surface area (Å²) in [7, 11) is 0. The minimum atomic E-state index is -0.773. The van der Waals surface area contributed by atoms with Gasteiger partial charge in [-0.1, -0.05) is 17.7 Å². The highest BCUT2D eigenvalue weighted by Gasteiger charge is 2.37. The predicted octanol–water partition coefficient (Wildman–Crippen LogP) is 2.31. The molecule has 104 valence electrons. The zero-order valence-electron chi connectivity index (χ0n) is 12.3. The van der Waals surface area contributed by atoms with Crippen LogP contribution in [0.3, 0.4) is 0 Å². The molecule has 0 heterocycles. The van der Waals surface area contributed by atoms with Crippen molar-refractivity contribution in [3.63, 3.8) is 0 Å². The lowest BCUT2D eigenvalue weighted by molar-refractivity contribution is -0.124. The number of carbonyl (C=O) groups is 1. The maximum Gasteiger partial charge on any atom is 0.242 e. The summed E-state index contributed by atoms with van der Waals surface area (Å²) in [4.78, 5) is 12.0. The van der Waals surface area contributed by atoms with Gasteiger partial charge in [0.1, 0.15) is 5.54 Å². The third kappa shape index (κ3) is 2.81. The number of nitrogens with one attached hydrogen (secondary N) is 1. The molecule has 0 radical (unpaired) electrons. The smallest absolute Gasteiger partial charge is 0.242 e. The van der Waals surface area contributed by atoms with E-state index in [-0.39, 0.29) is 5.91 Å². The molecule has 1 amide bonds. The Balaban J connectivity index is 2.39. The number of primary amides is 1. The molecule has 1 unspecified atom stereocenters. The molecular formula is C16H24N2O. The second-order valence-electron chi connectivity index (χ2n) is 6.09. The van der Waals surface area contributed by atoms with Gasteiger partial charge in [0.15, 0.2) is 0 Å². The molecule has 0 saturated heterocycles. The second kappa shape index (κ2) is 4.97. The fourth-order valence-corrected chi connectivity index (χ4v) is 2.94. The topological polar surface area (TPSA) is 55.1 Å². The third-order valence-corrected chi connectivity index (χ3v) is 4.11. The van der Waals surface area contributed by atoms with Crippen LogP contribution in [0.5, 0.6) is 0 Å². The van der Waals surface area contributed by atoms with Gasteiger partial charge in [0.25, 0.3) is 0 Å². The standard InChI is InChI=1S/C16H24N2O/c1-10-7-11(2)14(12(3)8-10)16(4,15(17)19)18-9-13-5-6-13/h7-8,13,18H,5-6,9H2,1-4H3,(H2,17,19). The second-order valence-corrected chi connectivity index (χ2v) is 6.09. The van der Waals surface area contributed by atoms with E-state index in [2.05, 4.69) is 38.2 Å². The normalized spacial score (nSPS) is 18.1. The summed E-state index contributed by atoms with van der Waals surface area (Å²) < 4.78 is 0. The molecule has 1 aromatic rings. The molecule has 1 aromatic carbocycles. The van der Waals surface area contributed by atoms with Gasteiger partial charge in [-0.05, 0) is 69.7 Å². The van der Waals surface area contributed by atoms with Crippen molar-refractivity contribution in [2.45, 2.75) is 46.1 Å². The molecule has 0 aliphatic heterocycles. The minimum Gasteiger partial charge on any atom is -0.368 e. The van der Waals surface area contributed by atoms with Crippen molar-refractivity contribution in [2.75, 3.05) is 6.54 Å². The van der Waals surface area contributed by atoms with Crippen LogP contribution in [0, 0.1) is 26.7 Å². The lowest BCUT2D eigenvalue weighted by Crippen LogP contribution is -2.51.